The first-order chi connectivity index (χ1) is 10.1. The smallest absolute Gasteiger partial charge is 0.408 e. The highest BCUT2D eigenvalue weighted by molar-refractivity contribution is 7.80. The van der Waals surface area contributed by atoms with Gasteiger partial charge in [-0.2, -0.15) is 12.6 Å². The Balaban J connectivity index is 2.53. The molecule has 0 heterocycles. The second kappa shape index (κ2) is 9.28. The van der Waals surface area contributed by atoms with Gasteiger partial charge in [0.05, 0.1) is 6.61 Å². The fourth-order valence-electron chi connectivity index (χ4n) is 1.66. The Labute approximate surface area is 130 Å². The Morgan fingerprint density at radius 1 is 1.24 bits per heavy atom. The van der Waals surface area contributed by atoms with Gasteiger partial charge in [-0.15, -0.1) is 0 Å². The Morgan fingerprint density at radius 3 is 2.48 bits per heavy atom. The first-order valence-corrected chi connectivity index (χ1v) is 7.46. The summed E-state index contributed by atoms with van der Waals surface area (Å²) in [5.74, 6) is -0.185. The number of carbonyl (C=O) groups excluding carboxylic acids is 2. The summed E-state index contributed by atoms with van der Waals surface area (Å²) >= 11 is 4.15. The molecule has 0 saturated heterocycles. The van der Waals surface area contributed by atoms with Crippen molar-refractivity contribution in [1.82, 2.24) is 5.32 Å². The molecule has 0 fully saturated rings. The minimum atomic E-state index is -0.759. The number of esters is 1. The van der Waals surface area contributed by atoms with Gasteiger partial charge in [-0.05, 0) is 24.2 Å². The van der Waals surface area contributed by atoms with Crippen LogP contribution in [0.1, 0.15) is 19.4 Å². The molecule has 1 aromatic rings. The van der Waals surface area contributed by atoms with E-state index < -0.39 is 18.1 Å². The molecule has 21 heavy (non-hydrogen) atoms. The monoisotopic (exact) mass is 311 g/mol. The lowest BCUT2D eigenvalue weighted by molar-refractivity contribution is -0.146. The highest BCUT2D eigenvalue weighted by atomic mass is 32.1. The van der Waals surface area contributed by atoms with Crippen LogP contribution in [0, 0.1) is 5.92 Å². The Hall–Kier alpha value is -1.69. The van der Waals surface area contributed by atoms with E-state index in [0.29, 0.717) is 5.75 Å². The molecule has 1 aromatic carbocycles. The van der Waals surface area contributed by atoms with Crippen molar-refractivity contribution in [3.63, 3.8) is 0 Å². The highest BCUT2D eigenvalue weighted by Gasteiger charge is 2.27. The van der Waals surface area contributed by atoms with E-state index in [1.165, 1.54) is 0 Å². The summed E-state index contributed by atoms with van der Waals surface area (Å²) in [4.78, 5) is 23.6. The van der Waals surface area contributed by atoms with Gasteiger partial charge in [0.1, 0.15) is 12.6 Å². The summed E-state index contributed by atoms with van der Waals surface area (Å²) in [5.41, 5.74) is 0.877. The Morgan fingerprint density at radius 2 is 1.90 bits per heavy atom. The van der Waals surface area contributed by atoms with Crippen LogP contribution in [0.4, 0.5) is 4.79 Å². The number of amides is 1. The van der Waals surface area contributed by atoms with Crippen molar-refractivity contribution >= 4 is 24.7 Å². The topological polar surface area (TPSA) is 64.6 Å². The first-order valence-electron chi connectivity index (χ1n) is 6.83. The fraction of sp³-hybridized carbons (Fsp3) is 0.467. The Kier molecular flexibility index (Phi) is 7.68. The summed E-state index contributed by atoms with van der Waals surface area (Å²) < 4.78 is 10.0. The lowest BCUT2D eigenvalue weighted by atomic mass is 10.0. The zero-order chi connectivity index (χ0) is 15.7. The maximum atomic E-state index is 11.8. The number of thiol groups is 1. The van der Waals surface area contributed by atoms with Gasteiger partial charge in [-0.3, -0.25) is 0 Å². The first kappa shape index (κ1) is 17.4. The van der Waals surface area contributed by atoms with Gasteiger partial charge in [0.2, 0.25) is 0 Å². The molecule has 6 heteroatoms. The third kappa shape index (κ3) is 6.08. The quantitative estimate of drug-likeness (QED) is 0.599. The summed E-state index contributed by atoms with van der Waals surface area (Å²) in [6, 6.07) is 8.56. The van der Waals surface area contributed by atoms with E-state index in [9.17, 15) is 9.59 Å². The van der Waals surface area contributed by atoms with Gasteiger partial charge in [0.25, 0.3) is 0 Å². The standard InChI is InChI=1S/C15H21NO4S/c1-3-19-14(17)13(11(2)10-21)16-15(18)20-9-12-7-5-4-6-8-12/h4-8,11,13,21H,3,9-10H2,1-2H3,(H,16,18). The van der Waals surface area contributed by atoms with E-state index in [-0.39, 0.29) is 19.1 Å². The molecule has 1 rings (SSSR count). The second-order valence-corrected chi connectivity index (χ2v) is 4.96. The van der Waals surface area contributed by atoms with Crippen LogP contribution in [0.5, 0.6) is 0 Å². The lowest BCUT2D eigenvalue weighted by Gasteiger charge is -2.21. The minimum absolute atomic E-state index is 0.150. The minimum Gasteiger partial charge on any atom is -0.464 e. The van der Waals surface area contributed by atoms with Crippen molar-refractivity contribution in [2.24, 2.45) is 5.92 Å². The van der Waals surface area contributed by atoms with Gasteiger partial charge >= 0.3 is 12.1 Å². The van der Waals surface area contributed by atoms with Crippen LogP contribution < -0.4 is 5.32 Å². The molecule has 0 spiro atoms. The molecule has 0 bridgehead atoms. The van der Waals surface area contributed by atoms with Crippen molar-refractivity contribution in [3.8, 4) is 0 Å². The molecule has 116 valence electrons. The molecule has 2 atom stereocenters. The van der Waals surface area contributed by atoms with Crippen LogP contribution in [0.25, 0.3) is 0 Å². The Bertz CT molecular complexity index is 452. The number of carbonyl (C=O) groups is 2. The number of ether oxygens (including phenoxy) is 2. The van der Waals surface area contributed by atoms with Crippen LogP contribution in [-0.4, -0.2) is 30.5 Å². The molecule has 1 N–H and O–H groups in total. The SMILES string of the molecule is CCOC(=O)C(NC(=O)OCc1ccccc1)C(C)CS. The van der Waals surface area contributed by atoms with E-state index in [4.69, 9.17) is 9.47 Å². The lowest BCUT2D eigenvalue weighted by Crippen LogP contribution is -2.46. The van der Waals surface area contributed by atoms with E-state index in [2.05, 4.69) is 17.9 Å². The zero-order valence-corrected chi connectivity index (χ0v) is 13.1. The van der Waals surface area contributed by atoms with Gasteiger partial charge in [0, 0.05) is 0 Å². The summed E-state index contributed by atoms with van der Waals surface area (Å²) in [5, 5.41) is 2.54. The van der Waals surface area contributed by atoms with Gasteiger partial charge in [-0.1, -0.05) is 37.3 Å². The van der Waals surface area contributed by atoms with Crippen LogP contribution in [0.2, 0.25) is 0 Å². The zero-order valence-electron chi connectivity index (χ0n) is 12.2. The second-order valence-electron chi connectivity index (χ2n) is 4.60. The third-order valence-corrected chi connectivity index (χ3v) is 3.46. The molecular weight excluding hydrogens is 290 g/mol. The summed E-state index contributed by atoms with van der Waals surface area (Å²) in [6.45, 7) is 3.94. The fourth-order valence-corrected chi connectivity index (χ4v) is 1.87. The van der Waals surface area contributed by atoms with Crippen molar-refractivity contribution in [2.75, 3.05) is 12.4 Å². The number of hydrogen-bond acceptors (Lipinski definition) is 5. The van der Waals surface area contributed by atoms with Gasteiger partial charge in [-0.25, -0.2) is 9.59 Å². The van der Waals surface area contributed by atoms with E-state index in [0.717, 1.165) is 5.56 Å². The number of hydrogen-bond donors (Lipinski definition) is 2. The highest BCUT2D eigenvalue weighted by Crippen LogP contribution is 2.08. The number of nitrogens with one attached hydrogen (secondary N) is 1. The maximum Gasteiger partial charge on any atom is 0.408 e. The van der Waals surface area contributed by atoms with E-state index >= 15 is 0 Å². The van der Waals surface area contributed by atoms with Crippen LogP contribution >= 0.6 is 12.6 Å². The molecule has 0 aliphatic carbocycles. The molecular formula is C15H21NO4S. The number of alkyl carbamates (subject to hydrolysis) is 1. The molecule has 0 aliphatic rings. The van der Waals surface area contributed by atoms with Crippen LogP contribution in [0.15, 0.2) is 30.3 Å². The molecule has 0 aliphatic heterocycles. The van der Waals surface area contributed by atoms with Crippen LogP contribution in [-0.2, 0) is 20.9 Å². The predicted octanol–water partition coefficient (Wildman–Crippen LogP) is 2.41. The molecule has 1 amide bonds. The summed E-state index contributed by atoms with van der Waals surface area (Å²) in [7, 11) is 0. The molecule has 5 nitrogen and oxygen atoms in total. The van der Waals surface area contributed by atoms with Gasteiger partial charge < -0.3 is 14.8 Å². The maximum absolute atomic E-state index is 11.8. The van der Waals surface area contributed by atoms with E-state index in [1.807, 2.05) is 37.3 Å². The van der Waals surface area contributed by atoms with Crippen LogP contribution in [0.3, 0.4) is 0 Å². The molecule has 0 radical (unpaired) electrons. The average Bonchev–Trinajstić information content (AvgIpc) is 2.51. The largest absolute Gasteiger partial charge is 0.464 e. The number of benzene rings is 1. The average molecular weight is 311 g/mol. The summed E-state index contributed by atoms with van der Waals surface area (Å²) in [6.07, 6.45) is -0.648. The van der Waals surface area contributed by atoms with Gasteiger partial charge in [0.15, 0.2) is 0 Å². The van der Waals surface area contributed by atoms with E-state index in [1.54, 1.807) is 6.92 Å². The van der Waals surface area contributed by atoms with Crippen molar-refractivity contribution in [1.29, 1.82) is 0 Å². The normalized spacial score (nSPS) is 13.1. The van der Waals surface area contributed by atoms with Crippen molar-refractivity contribution < 1.29 is 19.1 Å². The molecule has 0 saturated carbocycles. The third-order valence-electron chi connectivity index (χ3n) is 2.88. The number of rotatable bonds is 7. The molecule has 0 aromatic heterocycles. The van der Waals surface area contributed by atoms with Crippen molar-refractivity contribution in [2.45, 2.75) is 26.5 Å². The predicted molar refractivity (Wildman–Crippen MR) is 83.2 cm³/mol. The van der Waals surface area contributed by atoms with Crippen molar-refractivity contribution in [3.05, 3.63) is 35.9 Å². The molecule has 2 unspecified atom stereocenters.